The van der Waals surface area contributed by atoms with Gasteiger partial charge in [-0.2, -0.15) is 0 Å². The molecule has 9 rings (SSSR count). The number of rotatable bonds is 5. The molecular weight excluding hydrogens is 575 g/mol. The molecule has 0 spiro atoms. The van der Waals surface area contributed by atoms with Crippen molar-refractivity contribution in [2.75, 3.05) is 4.90 Å². The maximum atomic E-state index is 2.44. The van der Waals surface area contributed by atoms with Gasteiger partial charge in [-0.3, -0.25) is 0 Å². The maximum absolute atomic E-state index is 2.44. The highest BCUT2D eigenvalue weighted by atomic mass is 32.1. The Bertz CT molecular complexity index is 2530. The Balaban J connectivity index is 1.27. The first-order valence-electron chi connectivity index (χ1n) is 15.7. The quantitative estimate of drug-likeness (QED) is 0.189. The number of anilines is 3. The number of hydrogen-bond donors (Lipinski definition) is 0. The van der Waals surface area contributed by atoms with Crippen LogP contribution in [0.3, 0.4) is 0 Å². The van der Waals surface area contributed by atoms with Gasteiger partial charge in [0.15, 0.2) is 0 Å². The van der Waals surface area contributed by atoms with Crippen LogP contribution in [0.1, 0.15) is 0 Å². The van der Waals surface area contributed by atoms with Crippen molar-refractivity contribution >= 4 is 70.1 Å². The van der Waals surface area contributed by atoms with Crippen LogP contribution in [0.2, 0.25) is 0 Å². The Labute approximate surface area is 272 Å². The summed E-state index contributed by atoms with van der Waals surface area (Å²) in [6, 6.07) is 63.9. The van der Waals surface area contributed by atoms with Crippen LogP contribution in [0, 0.1) is 0 Å². The van der Waals surface area contributed by atoms with Crippen molar-refractivity contribution < 1.29 is 0 Å². The van der Waals surface area contributed by atoms with Gasteiger partial charge >= 0.3 is 0 Å². The van der Waals surface area contributed by atoms with E-state index < -0.39 is 0 Å². The minimum absolute atomic E-state index is 1.13. The van der Waals surface area contributed by atoms with Crippen molar-refractivity contribution in [3.05, 3.63) is 176 Å². The van der Waals surface area contributed by atoms with Crippen LogP contribution in [0.25, 0.3) is 64.0 Å². The molecule has 0 unspecified atom stereocenters. The smallest absolute Gasteiger partial charge is 0.0554 e. The molecule has 0 aliphatic carbocycles. The highest BCUT2D eigenvalue weighted by Gasteiger charge is 2.19. The van der Waals surface area contributed by atoms with E-state index in [1.807, 2.05) is 11.3 Å². The zero-order chi connectivity index (χ0) is 30.5. The fourth-order valence-electron chi connectivity index (χ4n) is 6.77. The van der Waals surface area contributed by atoms with Gasteiger partial charge in [-0.25, -0.2) is 0 Å². The van der Waals surface area contributed by atoms with Gasteiger partial charge in [-0.15, -0.1) is 11.3 Å². The summed E-state index contributed by atoms with van der Waals surface area (Å²) < 4.78 is 2.64. The number of fused-ring (bicyclic) bond motifs is 6. The largest absolute Gasteiger partial charge is 0.310 e. The maximum Gasteiger partial charge on any atom is 0.0554 e. The van der Waals surface area contributed by atoms with Crippen LogP contribution in [-0.4, -0.2) is 0 Å². The molecule has 0 saturated carbocycles. The Hall–Kier alpha value is -5.70. The van der Waals surface area contributed by atoms with Crippen molar-refractivity contribution in [1.82, 2.24) is 0 Å². The second kappa shape index (κ2) is 11.0. The van der Waals surface area contributed by atoms with Crippen LogP contribution >= 0.6 is 11.3 Å². The lowest BCUT2D eigenvalue weighted by molar-refractivity contribution is 1.30. The SMILES string of the molecule is c1ccc(-c2ccc(N(c3cccc(-c4ccc5ccccc5c4)c3)c3cccc4ccc5c6ccccc6sc5c34)cc2)cc1. The van der Waals surface area contributed by atoms with E-state index in [1.165, 1.54) is 69.7 Å². The highest BCUT2D eigenvalue weighted by Crippen LogP contribution is 2.46. The monoisotopic (exact) mass is 603 g/mol. The van der Waals surface area contributed by atoms with Gasteiger partial charge in [0.25, 0.3) is 0 Å². The van der Waals surface area contributed by atoms with Crippen molar-refractivity contribution in [3.8, 4) is 22.3 Å². The van der Waals surface area contributed by atoms with Gasteiger partial charge in [0.05, 0.1) is 5.69 Å². The molecule has 0 aliphatic heterocycles. The zero-order valence-corrected chi connectivity index (χ0v) is 25.9. The summed E-state index contributed by atoms with van der Waals surface area (Å²) in [6.45, 7) is 0. The fourth-order valence-corrected chi connectivity index (χ4v) is 8.04. The lowest BCUT2D eigenvalue weighted by Crippen LogP contribution is -2.10. The number of nitrogens with zero attached hydrogens (tertiary/aromatic N) is 1. The molecule has 0 bridgehead atoms. The third-order valence-electron chi connectivity index (χ3n) is 9.03. The predicted octanol–water partition coefficient (Wildman–Crippen LogP) is 13.2. The third kappa shape index (κ3) is 4.54. The van der Waals surface area contributed by atoms with Crippen molar-refractivity contribution in [2.45, 2.75) is 0 Å². The summed E-state index contributed by atoms with van der Waals surface area (Å²) in [7, 11) is 0. The Kier molecular flexibility index (Phi) is 6.40. The normalized spacial score (nSPS) is 11.5. The molecule has 46 heavy (non-hydrogen) atoms. The fraction of sp³-hybridized carbons (Fsp3) is 0. The van der Waals surface area contributed by atoms with Crippen LogP contribution in [0.4, 0.5) is 17.1 Å². The molecule has 0 amide bonds. The van der Waals surface area contributed by atoms with Crippen LogP contribution in [-0.2, 0) is 0 Å². The first-order valence-corrected chi connectivity index (χ1v) is 16.5. The molecule has 216 valence electrons. The standard InChI is InChI=1S/C44H29NS/c1-2-10-30(11-3-1)32-22-25-37(26-23-32)45(38-16-8-15-35(29-38)36-21-20-31-12-4-5-13-34(31)28-36)41-18-9-14-33-24-27-40-39-17-6-7-19-42(39)46-44(40)43(33)41/h1-29H. The first-order chi connectivity index (χ1) is 22.8. The number of thiophene rings is 1. The average Bonchev–Trinajstić information content (AvgIpc) is 3.51. The van der Waals surface area contributed by atoms with Crippen LogP contribution in [0.5, 0.6) is 0 Å². The summed E-state index contributed by atoms with van der Waals surface area (Å²) in [5, 5.41) is 7.66. The van der Waals surface area contributed by atoms with Gasteiger partial charge < -0.3 is 4.90 Å². The van der Waals surface area contributed by atoms with Crippen molar-refractivity contribution in [2.24, 2.45) is 0 Å². The molecular formula is C44H29NS. The first kappa shape index (κ1) is 26.7. The van der Waals surface area contributed by atoms with E-state index in [2.05, 4.69) is 181 Å². The van der Waals surface area contributed by atoms with E-state index in [4.69, 9.17) is 0 Å². The third-order valence-corrected chi connectivity index (χ3v) is 10.2. The molecule has 0 fully saturated rings. The molecule has 1 heterocycles. The van der Waals surface area contributed by atoms with Gasteiger partial charge in [0.2, 0.25) is 0 Å². The molecule has 2 heteroatoms. The summed E-state index contributed by atoms with van der Waals surface area (Å²) in [5.41, 5.74) is 8.27. The van der Waals surface area contributed by atoms with E-state index in [9.17, 15) is 0 Å². The summed E-state index contributed by atoms with van der Waals surface area (Å²) >= 11 is 1.89. The second-order valence-corrected chi connectivity index (χ2v) is 12.8. The van der Waals surface area contributed by atoms with E-state index in [0.717, 1.165) is 11.4 Å². The summed E-state index contributed by atoms with van der Waals surface area (Å²) in [6.07, 6.45) is 0. The molecule has 9 aromatic rings. The molecule has 0 N–H and O–H groups in total. The van der Waals surface area contributed by atoms with Crippen molar-refractivity contribution in [1.29, 1.82) is 0 Å². The Morgan fingerprint density at radius 2 is 1.02 bits per heavy atom. The van der Waals surface area contributed by atoms with Gasteiger partial charge in [-0.1, -0.05) is 133 Å². The molecule has 0 saturated heterocycles. The van der Waals surface area contributed by atoms with E-state index in [-0.39, 0.29) is 0 Å². The molecule has 0 atom stereocenters. The Morgan fingerprint density at radius 1 is 0.370 bits per heavy atom. The summed E-state index contributed by atoms with van der Waals surface area (Å²) in [4.78, 5) is 2.44. The molecule has 0 aliphatic rings. The van der Waals surface area contributed by atoms with Gasteiger partial charge in [0, 0.05) is 36.9 Å². The summed E-state index contributed by atoms with van der Waals surface area (Å²) in [5.74, 6) is 0. The van der Waals surface area contributed by atoms with E-state index >= 15 is 0 Å². The van der Waals surface area contributed by atoms with Gasteiger partial charge in [0.1, 0.15) is 0 Å². The molecule has 8 aromatic carbocycles. The lowest BCUT2D eigenvalue weighted by atomic mass is 9.99. The molecule has 1 nitrogen and oxygen atoms in total. The average molecular weight is 604 g/mol. The minimum atomic E-state index is 1.13. The Morgan fingerprint density at radius 3 is 1.91 bits per heavy atom. The number of benzene rings is 8. The molecule has 0 radical (unpaired) electrons. The molecule has 1 aromatic heterocycles. The topological polar surface area (TPSA) is 3.24 Å². The lowest BCUT2D eigenvalue weighted by Gasteiger charge is -2.28. The van der Waals surface area contributed by atoms with Crippen LogP contribution < -0.4 is 4.90 Å². The highest BCUT2D eigenvalue weighted by molar-refractivity contribution is 7.26. The van der Waals surface area contributed by atoms with Crippen molar-refractivity contribution in [3.63, 3.8) is 0 Å². The zero-order valence-electron chi connectivity index (χ0n) is 25.1. The van der Waals surface area contributed by atoms with E-state index in [1.54, 1.807) is 0 Å². The minimum Gasteiger partial charge on any atom is -0.310 e. The van der Waals surface area contributed by atoms with Gasteiger partial charge in [-0.05, 0) is 80.9 Å². The van der Waals surface area contributed by atoms with E-state index in [0.29, 0.717) is 0 Å². The number of hydrogen-bond acceptors (Lipinski definition) is 2. The predicted molar refractivity (Wildman–Crippen MR) is 200 cm³/mol. The second-order valence-electron chi connectivity index (χ2n) is 11.8. The van der Waals surface area contributed by atoms with Crippen LogP contribution in [0.15, 0.2) is 176 Å².